The average Bonchev–Trinajstić information content (AvgIpc) is 3.01. The first kappa shape index (κ1) is 15.0. The summed E-state index contributed by atoms with van der Waals surface area (Å²) in [7, 11) is 0. The molecule has 8 heteroatoms. The van der Waals surface area contributed by atoms with E-state index in [1.807, 2.05) is 0 Å². The molecule has 4 aromatic rings. The van der Waals surface area contributed by atoms with Gasteiger partial charge in [-0.25, -0.2) is 13.3 Å². The van der Waals surface area contributed by atoms with E-state index in [0.717, 1.165) is 12.1 Å². The van der Waals surface area contributed by atoms with Crippen LogP contribution in [0.2, 0.25) is 0 Å². The van der Waals surface area contributed by atoms with Crippen LogP contribution >= 0.6 is 0 Å². The van der Waals surface area contributed by atoms with Crippen molar-refractivity contribution in [3.8, 4) is 0 Å². The third-order valence-corrected chi connectivity index (χ3v) is 3.80. The zero-order valence-corrected chi connectivity index (χ0v) is 12.6. The van der Waals surface area contributed by atoms with Gasteiger partial charge in [0, 0.05) is 6.07 Å². The predicted octanol–water partition coefficient (Wildman–Crippen LogP) is 2.71. The van der Waals surface area contributed by atoms with Crippen molar-refractivity contribution in [1.29, 1.82) is 0 Å². The maximum atomic E-state index is 13.7. The third-order valence-electron chi connectivity index (χ3n) is 3.80. The monoisotopic (exact) mass is 340 g/mol. The minimum absolute atomic E-state index is 0.0616. The Labute approximate surface area is 138 Å². The van der Waals surface area contributed by atoms with Gasteiger partial charge in [0.15, 0.2) is 0 Å². The maximum absolute atomic E-state index is 13.7. The van der Waals surface area contributed by atoms with E-state index >= 15 is 0 Å². The highest BCUT2D eigenvalue weighted by Gasteiger charge is 2.17. The van der Waals surface area contributed by atoms with E-state index in [1.54, 1.807) is 24.3 Å². The molecule has 0 saturated carbocycles. The third kappa shape index (κ3) is 2.44. The van der Waals surface area contributed by atoms with Crippen molar-refractivity contribution in [3.63, 3.8) is 0 Å². The smallest absolute Gasteiger partial charge is 0.261 e. The number of nitrogens with zero attached hydrogens (tertiary/aromatic N) is 2. The number of fused-ring (bicyclic) bond motifs is 3. The number of rotatable bonds is 2. The highest BCUT2D eigenvalue weighted by molar-refractivity contribution is 6.08. The highest BCUT2D eigenvalue weighted by atomic mass is 19.1. The minimum atomic E-state index is -0.899. The first-order chi connectivity index (χ1) is 12.0. The van der Waals surface area contributed by atoms with Crippen molar-refractivity contribution in [2.75, 3.05) is 5.32 Å². The van der Waals surface area contributed by atoms with Crippen LogP contribution in [0.5, 0.6) is 0 Å². The number of carbonyl (C=O) groups is 1. The quantitative estimate of drug-likeness (QED) is 0.589. The normalized spacial score (nSPS) is 11.1. The lowest BCUT2D eigenvalue weighted by molar-refractivity contribution is 0.102. The molecule has 2 aromatic heterocycles. The number of aromatic amines is 1. The zero-order chi connectivity index (χ0) is 17.6. The van der Waals surface area contributed by atoms with Crippen LogP contribution < -0.4 is 10.9 Å². The predicted molar refractivity (Wildman–Crippen MR) is 87.6 cm³/mol. The SMILES string of the molecule is O=C(Nc1ccc(F)cc1F)c1cnn2c1[nH]c(=O)c1ccccc12. The lowest BCUT2D eigenvalue weighted by Gasteiger charge is -2.06. The van der Waals surface area contributed by atoms with Gasteiger partial charge < -0.3 is 10.3 Å². The van der Waals surface area contributed by atoms with Crippen LogP contribution in [0.4, 0.5) is 14.5 Å². The van der Waals surface area contributed by atoms with Crippen LogP contribution in [-0.2, 0) is 0 Å². The van der Waals surface area contributed by atoms with E-state index in [4.69, 9.17) is 0 Å². The molecule has 25 heavy (non-hydrogen) atoms. The molecule has 0 atom stereocenters. The molecular weight excluding hydrogens is 330 g/mol. The van der Waals surface area contributed by atoms with Crippen molar-refractivity contribution in [3.05, 3.63) is 76.2 Å². The number of nitrogens with one attached hydrogen (secondary N) is 2. The van der Waals surface area contributed by atoms with Crippen molar-refractivity contribution >= 4 is 28.1 Å². The van der Waals surface area contributed by atoms with E-state index in [1.165, 1.54) is 10.7 Å². The highest BCUT2D eigenvalue weighted by Crippen LogP contribution is 2.18. The number of para-hydroxylation sites is 1. The minimum Gasteiger partial charge on any atom is -0.319 e. The molecule has 0 aliphatic carbocycles. The Hall–Kier alpha value is -3.55. The molecule has 2 aromatic carbocycles. The summed E-state index contributed by atoms with van der Waals surface area (Å²) in [6.07, 6.45) is 1.27. The summed E-state index contributed by atoms with van der Waals surface area (Å²) in [6, 6.07) is 9.63. The Morgan fingerprint density at radius 1 is 1.16 bits per heavy atom. The first-order valence-electron chi connectivity index (χ1n) is 7.30. The molecule has 1 amide bonds. The summed E-state index contributed by atoms with van der Waals surface area (Å²) >= 11 is 0. The number of carbonyl (C=O) groups excluding carboxylic acids is 1. The summed E-state index contributed by atoms with van der Waals surface area (Å²) in [5.41, 5.74) is 0.239. The standard InChI is InChI=1S/C17H10F2N4O2/c18-9-5-6-13(12(19)7-9)21-17(25)11-8-20-23-14-4-2-1-3-10(14)16(24)22-15(11)23/h1-8H,(H,21,25)(H,22,24). The number of anilines is 1. The van der Waals surface area contributed by atoms with Gasteiger partial charge in [-0.1, -0.05) is 12.1 Å². The van der Waals surface area contributed by atoms with Gasteiger partial charge in [-0.15, -0.1) is 0 Å². The van der Waals surface area contributed by atoms with Gasteiger partial charge in [0.1, 0.15) is 22.8 Å². The second-order valence-corrected chi connectivity index (χ2v) is 5.37. The van der Waals surface area contributed by atoms with Gasteiger partial charge in [0.25, 0.3) is 11.5 Å². The second kappa shape index (κ2) is 5.52. The van der Waals surface area contributed by atoms with Crippen LogP contribution in [0, 0.1) is 11.6 Å². The summed E-state index contributed by atoms with van der Waals surface area (Å²) in [5.74, 6) is -2.32. The van der Waals surface area contributed by atoms with Crippen LogP contribution in [0.3, 0.4) is 0 Å². The molecule has 2 N–H and O–H groups in total. The number of hydrogen-bond donors (Lipinski definition) is 2. The van der Waals surface area contributed by atoms with Gasteiger partial charge in [-0.05, 0) is 24.3 Å². The second-order valence-electron chi connectivity index (χ2n) is 5.37. The number of halogens is 2. The van der Waals surface area contributed by atoms with Gasteiger partial charge in [-0.3, -0.25) is 9.59 Å². The molecule has 2 heterocycles. The van der Waals surface area contributed by atoms with E-state index in [9.17, 15) is 18.4 Å². The van der Waals surface area contributed by atoms with Crippen LogP contribution in [0.15, 0.2) is 53.5 Å². The molecule has 0 saturated heterocycles. The molecule has 0 unspecified atom stereocenters. The Bertz CT molecular complexity index is 1200. The molecule has 0 bridgehead atoms. The van der Waals surface area contributed by atoms with Crippen molar-refractivity contribution in [2.24, 2.45) is 0 Å². The zero-order valence-electron chi connectivity index (χ0n) is 12.6. The topological polar surface area (TPSA) is 79.3 Å². The van der Waals surface area contributed by atoms with E-state index in [2.05, 4.69) is 15.4 Å². The van der Waals surface area contributed by atoms with Crippen LogP contribution in [0.25, 0.3) is 16.6 Å². The molecular formula is C17H10F2N4O2. The van der Waals surface area contributed by atoms with Gasteiger partial charge in [0.05, 0.1) is 22.8 Å². The number of amides is 1. The number of benzene rings is 2. The fourth-order valence-corrected chi connectivity index (χ4v) is 2.62. The Morgan fingerprint density at radius 3 is 2.76 bits per heavy atom. The molecule has 0 fully saturated rings. The Morgan fingerprint density at radius 2 is 1.96 bits per heavy atom. The average molecular weight is 340 g/mol. The van der Waals surface area contributed by atoms with Crippen molar-refractivity contribution in [2.45, 2.75) is 0 Å². The number of hydrogen-bond acceptors (Lipinski definition) is 3. The van der Waals surface area contributed by atoms with Crippen LogP contribution in [-0.4, -0.2) is 20.5 Å². The molecule has 0 aliphatic heterocycles. The Kier molecular flexibility index (Phi) is 3.31. The summed E-state index contributed by atoms with van der Waals surface area (Å²) in [5, 5.41) is 6.89. The van der Waals surface area contributed by atoms with E-state index in [-0.39, 0.29) is 22.5 Å². The molecule has 124 valence electrons. The van der Waals surface area contributed by atoms with Crippen molar-refractivity contribution in [1.82, 2.24) is 14.6 Å². The van der Waals surface area contributed by atoms with Crippen LogP contribution in [0.1, 0.15) is 10.4 Å². The summed E-state index contributed by atoms with van der Waals surface area (Å²) in [4.78, 5) is 27.2. The van der Waals surface area contributed by atoms with E-state index in [0.29, 0.717) is 17.0 Å². The number of H-pyrrole nitrogens is 1. The fraction of sp³-hybridized carbons (Fsp3) is 0. The molecule has 4 rings (SSSR count). The summed E-state index contributed by atoms with van der Waals surface area (Å²) in [6.45, 7) is 0. The first-order valence-corrected chi connectivity index (χ1v) is 7.30. The largest absolute Gasteiger partial charge is 0.319 e. The summed E-state index contributed by atoms with van der Waals surface area (Å²) < 4.78 is 28.1. The lowest BCUT2D eigenvalue weighted by atomic mass is 10.2. The maximum Gasteiger partial charge on any atom is 0.261 e. The lowest BCUT2D eigenvalue weighted by Crippen LogP contribution is -2.16. The molecule has 0 aliphatic rings. The molecule has 0 radical (unpaired) electrons. The number of aromatic nitrogens is 3. The Balaban J connectivity index is 1.81. The van der Waals surface area contributed by atoms with E-state index < -0.39 is 17.5 Å². The van der Waals surface area contributed by atoms with Gasteiger partial charge in [0.2, 0.25) is 0 Å². The van der Waals surface area contributed by atoms with Crippen molar-refractivity contribution < 1.29 is 13.6 Å². The fourth-order valence-electron chi connectivity index (χ4n) is 2.62. The van der Waals surface area contributed by atoms with Gasteiger partial charge in [-0.2, -0.15) is 5.10 Å². The molecule has 0 spiro atoms. The molecule has 6 nitrogen and oxygen atoms in total. The van der Waals surface area contributed by atoms with Gasteiger partial charge >= 0.3 is 0 Å².